The minimum atomic E-state index is -4.93. The van der Waals surface area contributed by atoms with Gasteiger partial charge in [-0.1, -0.05) is 321 Å². The molecule has 0 amide bonds. The predicted molar refractivity (Wildman–Crippen MR) is 436 cm³/mol. The van der Waals surface area contributed by atoms with Crippen LogP contribution in [-0.4, -0.2) is 95.9 Å². The van der Waals surface area contributed by atoms with Gasteiger partial charge in [-0.15, -0.1) is 0 Å². The van der Waals surface area contributed by atoms with Crippen molar-refractivity contribution in [3.05, 3.63) is 146 Å². The number of allylic oxidation sites excluding steroid dienone is 24. The SMILES string of the molecule is CC/C=C\C/C=C\C/C=C\C/C=C\C/C=C\C/C=C\CCCCCCCCCCCCC(=O)OCC(O)COP(=O)(O)OCC(O)COP(=O)(O)OCC(COC(=O)CCCCCCCCCCCCCCC/C=C\C/C=C\C/C=C\C/C=C\C/C=C\CC)OC(=O)CCCCCCC/C=C\CCCC. The van der Waals surface area contributed by atoms with Crippen LogP contribution in [0.1, 0.15) is 329 Å². The van der Waals surface area contributed by atoms with Crippen molar-refractivity contribution in [1.29, 1.82) is 0 Å². The molecule has 602 valence electrons. The molecule has 0 radical (unpaired) electrons. The second-order valence-corrected chi connectivity index (χ2v) is 30.1. The minimum absolute atomic E-state index is 0.0922. The molecule has 0 aromatic carbocycles. The zero-order valence-electron chi connectivity index (χ0n) is 65.9. The summed E-state index contributed by atoms with van der Waals surface area (Å²) in [4.78, 5) is 58.6. The van der Waals surface area contributed by atoms with Crippen molar-refractivity contribution in [2.75, 3.05) is 39.6 Å². The molecule has 0 rings (SSSR count). The van der Waals surface area contributed by atoms with Gasteiger partial charge in [0.25, 0.3) is 0 Å². The van der Waals surface area contributed by atoms with E-state index in [1.165, 1.54) is 96.3 Å². The Hall–Kier alpha value is -4.57. The lowest BCUT2D eigenvalue weighted by molar-refractivity contribution is -0.161. The lowest BCUT2D eigenvalue weighted by Crippen LogP contribution is -2.30. The zero-order chi connectivity index (χ0) is 76.6. The van der Waals surface area contributed by atoms with Crippen LogP contribution in [0.4, 0.5) is 0 Å². The van der Waals surface area contributed by atoms with E-state index in [0.29, 0.717) is 19.3 Å². The first-order valence-corrected chi connectivity index (χ1v) is 44.1. The summed E-state index contributed by atoms with van der Waals surface area (Å²) in [6.07, 6.45) is 97.7. The molecule has 5 atom stereocenters. The maximum Gasteiger partial charge on any atom is 0.472 e. The monoisotopic (exact) mass is 1510 g/mol. The number of aliphatic hydroxyl groups is 2. The van der Waals surface area contributed by atoms with E-state index in [-0.39, 0.29) is 19.3 Å². The van der Waals surface area contributed by atoms with E-state index in [4.69, 9.17) is 32.3 Å². The third-order valence-corrected chi connectivity index (χ3v) is 18.9. The Labute approximate surface area is 638 Å². The summed E-state index contributed by atoms with van der Waals surface area (Å²) < 4.78 is 61.1. The molecule has 0 saturated heterocycles. The number of ether oxygens (including phenoxy) is 3. The molecule has 0 spiro atoms. The van der Waals surface area contributed by atoms with Crippen LogP contribution in [0.25, 0.3) is 0 Å². The Morgan fingerprint density at radius 1 is 0.276 bits per heavy atom. The van der Waals surface area contributed by atoms with E-state index in [1.807, 2.05) is 0 Å². The summed E-state index contributed by atoms with van der Waals surface area (Å²) in [5.74, 6) is -1.59. The molecule has 18 heteroatoms. The highest BCUT2D eigenvalue weighted by Gasteiger charge is 2.29. The standard InChI is InChI=1S/C87H148O16P2/c1-4-7-10-13-16-19-22-24-26-28-30-32-34-36-38-40-42-44-46-48-50-52-54-56-59-61-64-67-70-73-85(90)97-76-82(88)77-99-104(93,94)100-78-83(89)79-101-105(95,96)102-81-84(103-87(92)75-72-69-66-63-58-21-18-15-12-9-6-3)80-98-86(91)74-71-68-65-62-60-57-55-53-51-49-47-45-43-41-39-37-35-33-31-29-27-25-23-20-17-14-11-8-5-2/h7-8,10-11,15-20,24-27,30-33,36-39,42,44,82-84,88-89H,4-6,9,12-14,21-23,28-29,34-35,40-41,43,45-81H2,1-3H3,(H,93,94)(H,95,96)/b10-7-,11-8-,18-15-,19-16-,20-17-,26-24-,27-25-,32-30-,33-31-,38-36-,39-37-,44-42-. The van der Waals surface area contributed by atoms with E-state index < -0.39 is 91.5 Å². The smallest absolute Gasteiger partial charge is 0.463 e. The number of phosphoric ester groups is 2. The largest absolute Gasteiger partial charge is 0.472 e. The summed E-state index contributed by atoms with van der Waals surface area (Å²) in [5.41, 5.74) is 0. The second-order valence-electron chi connectivity index (χ2n) is 27.2. The summed E-state index contributed by atoms with van der Waals surface area (Å²) in [5, 5.41) is 20.6. The molecular formula is C87H148O16P2. The van der Waals surface area contributed by atoms with E-state index in [1.54, 1.807) is 0 Å². The predicted octanol–water partition coefficient (Wildman–Crippen LogP) is 24.4. The first kappa shape index (κ1) is 100. The number of rotatable bonds is 77. The maximum absolute atomic E-state index is 12.9. The Bertz CT molecular complexity index is 2490. The number of carbonyl (C=O) groups is 3. The van der Waals surface area contributed by atoms with Crippen LogP contribution in [-0.2, 0) is 55.8 Å². The number of unbranched alkanes of at least 4 members (excludes halogenated alkanes) is 30. The highest BCUT2D eigenvalue weighted by atomic mass is 31.2. The van der Waals surface area contributed by atoms with Gasteiger partial charge in [0, 0.05) is 19.3 Å². The Morgan fingerprint density at radius 3 is 0.810 bits per heavy atom. The van der Waals surface area contributed by atoms with Crippen LogP contribution < -0.4 is 0 Å². The van der Waals surface area contributed by atoms with Gasteiger partial charge in [0.15, 0.2) is 6.10 Å². The fourth-order valence-corrected chi connectivity index (χ4v) is 12.4. The van der Waals surface area contributed by atoms with Crippen LogP contribution >= 0.6 is 15.6 Å². The fraction of sp³-hybridized carbons (Fsp3) is 0.690. The molecule has 0 aromatic heterocycles. The Morgan fingerprint density at radius 2 is 0.505 bits per heavy atom. The van der Waals surface area contributed by atoms with Crippen LogP contribution in [0.15, 0.2) is 146 Å². The van der Waals surface area contributed by atoms with E-state index in [9.17, 15) is 43.5 Å². The lowest BCUT2D eigenvalue weighted by atomic mass is 10.0. The van der Waals surface area contributed by atoms with Crippen molar-refractivity contribution in [1.82, 2.24) is 0 Å². The van der Waals surface area contributed by atoms with E-state index in [0.717, 1.165) is 173 Å². The number of hydrogen-bond donors (Lipinski definition) is 4. The van der Waals surface area contributed by atoms with Gasteiger partial charge in [-0.3, -0.25) is 32.5 Å². The molecule has 0 aromatic rings. The lowest BCUT2D eigenvalue weighted by Gasteiger charge is -2.21. The molecule has 0 aliphatic rings. The first-order valence-electron chi connectivity index (χ1n) is 41.1. The zero-order valence-corrected chi connectivity index (χ0v) is 67.6. The molecular weight excluding hydrogens is 1360 g/mol. The van der Waals surface area contributed by atoms with Crippen molar-refractivity contribution < 1.29 is 75.8 Å². The topological polar surface area (TPSA) is 231 Å². The Kier molecular flexibility index (Phi) is 75.6. The van der Waals surface area contributed by atoms with Gasteiger partial charge in [-0.05, 0) is 135 Å². The number of phosphoric acid groups is 2. The summed E-state index contributed by atoms with van der Waals surface area (Å²) in [6, 6.07) is 0. The molecule has 0 aliphatic carbocycles. The van der Waals surface area contributed by atoms with E-state index in [2.05, 4.69) is 167 Å². The minimum Gasteiger partial charge on any atom is -0.463 e. The average molecular weight is 1510 g/mol. The molecule has 0 fully saturated rings. The van der Waals surface area contributed by atoms with Crippen LogP contribution in [0.5, 0.6) is 0 Å². The van der Waals surface area contributed by atoms with Crippen molar-refractivity contribution in [3.8, 4) is 0 Å². The third-order valence-electron chi connectivity index (χ3n) is 17.0. The summed E-state index contributed by atoms with van der Waals surface area (Å²) in [6.45, 7) is 2.41. The molecule has 4 N–H and O–H groups in total. The number of carbonyl (C=O) groups excluding carboxylic acids is 3. The van der Waals surface area contributed by atoms with Gasteiger partial charge < -0.3 is 34.2 Å². The van der Waals surface area contributed by atoms with Crippen molar-refractivity contribution in [2.45, 2.75) is 347 Å². The highest BCUT2D eigenvalue weighted by Crippen LogP contribution is 2.45. The van der Waals surface area contributed by atoms with Gasteiger partial charge in [-0.25, -0.2) is 9.13 Å². The van der Waals surface area contributed by atoms with Crippen molar-refractivity contribution >= 4 is 33.6 Å². The molecule has 105 heavy (non-hydrogen) atoms. The second kappa shape index (κ2) is 79.0. The normalized spacial score (nSPS) is 14.7. The number of hydrogen-bond acceptors (Lipinski definition) is 14. The maximum atomic E-state index is 12.9. The number of aliphatic hydroxyl groups excluding tert-OH is 2. The van der Waals surface area contributed by atoms with Gasteiger partial charge in [-0.2, -0.15) is 0 Å². The van der Waals surface area contributed by atoms with Gasteiger partial charge in [0.1, 0.15) is 25.4 Å². The van der Waals surface area contributed by atoms with Gasteiger partial charge in [0.05, 0.1) is 26.4 Å². The third kappa shape index (κ3) is 80.3. The fourth-order valence-electron chi connectivity index (χ4n) is 10.8. The molecule has 0 bridgehead atoms. The molecule has 5 unspecified atom stereocenters. The highest BCUT2D eigenvalue weighted by molar-refractivity contribution is 7.47. The van der Waals surface area contributed by atoms with E-state index >= 15 is 0 Å². The van der Waals surface area contributed by atoms with Crippen LogP contribution in [0.3, 0.4) is 0 Å². The Balaban J connectivity index is 4.44. The molecule has 0 aliphatic heterocycles. The van der Waals surface area contributed by atoms with Gasteiger partial charge >= 0.3 is 33.6 Å². The molecule has 16 nitrogen and oxygen atoms in total. The van der Waals surface area contributed by atoms with Crippen molar-refractivity contribution in [3.63, 3.8) is 0 Å². The average Bonchev–Trinajstić information content (AvgIpc) is 1.81. The van der Waals surface area contributed by atoms with Gasteiger partial charge in [0.2, 0.25) is 0 Å². The van der Waals surface area contributed by atoms with Crippen LogP contribution in [0.2, 0.25) is 0 Å². The number of esters is 3. The summed E-state index contributed by atoms with van der Waals surface area (Å²) in [7, 11) is -9.79. The van der Waals surface area contributed by atoms with Crippen LogP contribution in [0, 0.1) is 0 Å². The molecule has 0 heterocycles. The molecule has 0 saturated carbocycles. The quantitative estimate of drug-likeness (QED) is 0.0146. The summed E-state index contributed by atoms with van der Waals surface area (Å²) >= 11 is 0. The van der Waals surface area contributed by atoms with Crippen molar-refractivity contribution in [2.24, 2.45) is 0 Å². The first-order chi connectivity index (χ1) is 51.2.